The Bertz CT molecular complexity index is 912. The normalized spacial score (nSPS) is 11.1. The number of hydrogen-bond acceptors (Lipinski definition) is 4. The zero-order chi connectivity index (χ0) is 18.7. The maximum atomic E-state index is 12.9. The number of hydrogen-bond donors (Lipinski definition) is 2. The second kappa shape index (κ2) is 8.39. The number of para-hydroxylation sites is 1. The largest absolute Gasteiger partial charge is 0.493 e. The molecule has 0 bridgehead atoms. The highest BCUT2D eigenvalue weighted by atomic mass is 35.5. The summed E-state index contributed by atoms with van der Waals surface area (Å²) in [5, 5.41) is 3.13. The van der Waals surface area contributed by atoms with Crippen molar-refractivity contribution in [2.75, 3.05) is 19.0 Å². The van der Waals surface area contributed by atoms with E-state index in [1.807, 2.05) is 19.1 Å². The zero-order valence-corrected chi connectivity index (χ0v) is 15.5. The Labute approximate surface area is 160 Å². The molecular weight excluding hydrogens is 383 g/mol. The van der Waals surface area contributed by atoms with Gasteiger partial charge in [0.25, 0.3) is 0 Å². The number of aromatic nitrogens is 2. The van der Waals surface area contributed by atoms with Crippen molar-refractivity contribution in [1.29, 1.82) is 0 Å². The fourth-order valence-electron chi connectivity index (χ4n) is 2.61. The molecular formula is C18H19ClF3N3O2. The van der Waals surface area contributed by atoms with Gasteiger partial charge in [-0.05, 0) is 36.8 Å². The first-order chi connectivity index (χ1) is 12.4. The summed E-state index contributed by atoms with van der Waals surface area (Å²) in [6.45, 7) is 2.78. The highest BCUT2D eigenvalue weighted by Gasteiger charge is 2.35. The lowest BCUT2D eigenvalue weighted by molar-refractivity contribution is -0.144. The fraction of sp³-hybridized carbons (Fsp3) is 0.278. The van der Waals surface area contributed by atoms with Crippen molar-refractivity contribution in [3.63, 3.8) is 0 Å². The van der Waals surface area contributed by atoms with Crippen molar-refractivity contribution in [3.05, 3.63) is 47.8 Å². The molecule has 0 atom stereocenters. The summed E-state index contributed by atoms with van der Waals surface area (Å²) < 4.78 is 49.3. The van der Waals surface area contributed by atoms with E-state index in [-0.39, 0.29) is 17.9 Å². The minimum atomic E-state index is -4.52. The molecule has 27 heavy (non-hydrogen) atoms. The van der Waals surface area contributed by atoms with Gasteiger partial charge in [0, 0.05) is 6.54 Å². The molecule has 0 amide bonds. The first-order valence-corrected chi connectivity index (χ1v) is 8.02. The van der Waals surface area contributed by atoms with E-state index in [1.54, 1.807) is 31.4 Å². The van der Waals surface area contributed by atoms with Crippen molar-refractivity contribution in [2.24, 2.45) is 0 Å². The predicted octanol–water partition coefficient (Wildman–Crippen LogP) is 5.02. The van der Waals surface area contributed by atoms with Crippen LogP contribution >= 0.6 is 12.4 Å². The fourth-order valence-corrected chi connectivity index (χ4v) is 2.61. The Kier molecular flexibility index (Phi) is 6.43. The average Bonchev–Trinajstić information content (AvgIpc) is 3.05. The smallest absolute Gasteiger partial charge is 0.449 e. The quantitative estimate of drug-likeness (QED) is 0.608. The number of fused-ring (bicyclic) bond motifs is 1. The van der Waals surface area contributed by atoms with Gasteiger partial charge in [0.1, 0.15) is 5.52 Å². The van der Waals surface area contributed by atoms with E-state index in [1.165, 1.54) is 0 Å². The molecule has 0 unspecified atom stereocenters. The van der Waals surface area contributed by atoms with Crippen molar-refractivity contribution < 1.29 is 22.6 Å². The van der Waals surface area contributed by atoms with E-state index >= 15 is 0 Å². The van der Waals surface area contributed by atoms with Crippen molar-refractivity contribution in [1.82, 2.24) is 9.97 Å². The number of aromatic amines is 1. The molecule has 0 fully saturated rings. The highest BCUT2D eigenvalue weighted by Crippen LogP contribution is 2.32. The van der Waals surface area contributed by atoms with Gasteiger partial charge >= 0.3 is 6.18 Å². The van der Waals surface area contributed by atoms with Crippen LogP contribution in [0.25, 0.3) is 11.0 Å². The predicted molar refractivity (Wildman–Crippen MR) is 99.8 cm³/mol. The third-order valence-electron chi connectivity index (χ3n) is 3.79. The Morgan fingerprint density at radius 3 is 2.59 bits per heavy atom. The molecule has 3 rings (SSSR count). The molecule has 0 aliphatic heterocycles. The van der Waals surface area contributed by atoms with E-state index in [0.29, 0.717) is 35.9 Å². The number of ether oxygens (including phenoxy) is 2. The van der Waals surface area contributed by atoms with Gasteiger partial charge in [0.2, 0.25) is 5.82 Å². The van der Waals surface area contributed by atoms with Crippen molar-refractivity contribution in [2.45, 2.75) is 19.6 Å². The molecule has 0 saturated heterocycles. The van der Waals surface area contributed by atoms with Gasteiger partial charge in [0.15, 0.2) is 11.5 Å². The van der Waals surface area contributed by atoms with E-state index in [0.717, 1.165) is 5.56 Å². The summed E-state index contributed by atoms with van der Waals surface area (Å²) in [6, 6.07) is 10.4. The van der Waals surface area contributed by atoms with Crippen LogP contribution in [-0.2, 0) is 12.7 Å². The SMILES string of the molecule is CCOc1cc(CNc2cccc3[nH]c(C(F)(F)F)nc23)ccc1OC.Cl. The summed E-state index contributed by atoms with van der Waals surface area (Å²) in [7, 11) is 1.56. The molecule has 0 aliphatic rings. The Morgan fingerprint density at radius 1 is 1.15 bits per heavy atom. The van der Waals surface area contributed by atoms with E-state index in [9.17, 15) is 13.2 Å². The summed E-state index contributed by atoms with van der Waals surface area (Å²) in [5.74, 6) is 0.233. The van der Waals surface area contributed by atoms with Crippen LogP contribution in [0.5, 0.6) is 11.5 Å². The lowest BCUT2D eigenvalue weighted by Gasteiger charge is -2.12. The van der Waals surface area contributed by atoms with Crippen LogP contribution in [0.15, 0.2) is 36.4 Å². The van der Waals surface area contributed by atoms with Crippen LogP contribution in [0, 0.1) is 0 Å². The molecule has 2 aromatic carbocycles. The molecule has 9 heteroatoms. The van der Waals surface area contributed by atoms with Crippen LogP contribution in [0.2, 0.25) is 0 Å². The lowest BCUT2D eigenvalue weighted by atomic mass is 10.2. The Hall–Kier alpha value is -2.61. The Balaban J connectivity index is 0.00000261. The summed E-state index contributed by atoms with van der Waals surface area (Å²) >= 11 is 0. The van der Waals surface area contributed by atoms with Crippen molar-refractivity contribution in [3.8, 4) is 11.5 Å². The number of anilines is 1. The maximum absolute atomic E-state index is 12.9. The molecule has 1 aromatic heterocycles. The number of imidazole rings is 1. The van der Waals surface area contributed by atoms with Gasteiger partial charge < -0.3 is 19.8 Å². The number of H-pyrrole nitrogens is 1. The Morgan fingerprint density at radius 2 is 1.93 bits per heavy atom. The summed E-state index contributed by atoms with van der Waals surface area (Å²) in [4.78, 5) is 5.99. The third-order valence-corrected chi connectivity index (χ3v) is 3.79. The number of halogens is 4. The number of benzene rings is 2. The monoisotopic (exact) mass is 401 g/mol. The molecule has 1 heterocycles. The molecule has 0 aliphatic carbocycles. The van der Waals surface area contributed by atoms with Crippen LogP contribution < -0.4 is 14.8 Å². The number of nitrogens with one attached hydrogen (secondary N) is 2. The van der Waals surface area contributed by atoms with Crippen LogP contribution in [-0.4, -0.2) is 23.7 Å². The number of alkyl halides is 3. The number of methoxy groups -OCH3 is 1. The van der Waals surface area contributed by atoms with E-state index < -0.39 is 12.0 Å². The lowest BCUT2D eigenvalue weighted by Crippen LogP contribution is -2.07. The molecule has 3 aromatic rings. The van der Waals surface area contributed by atoms with Gasteiger partial charge in [-0.15, -0.1) is 12.4 Å². The molecule has 0 radical (unpaired) electrons. The van der Waals surface area contributed by atoms with Gasteiger partial charge in [0.05, 0.1) is 24.9 Å². The number of rotatable bonds is 6. The molecule has 0 spiro atoms. The number of nitrogens with zero attached hydrogens (tertiary/aromatic N) is 1. The summed E-state index contributed by atoms with van der Waals surface area (Å²) in [6.07, 6.45) is -4.52. The molecule has 0 saturated carbocycles. The molecule has 5 nitrogen and oxygen atoms in total. The first-order valence-electron chi connectivity index (χ1n) is 8.02. The third kappa shape index (κ3) is 4.57. The molecule has 146 valence electrons. The van der Waals surface area contributed by atoms with Crippen LogP contribution in [0.4, 0.5) is 18.9 Å². The highest BCUT2D eigenvalue weighted by molar-refractivity contribution is 5.88. The van der Waals surface area contributed by atoms with Crippen LogP contribution in [0.3, 0.4) is 0 Å². The topological polar surface area (TPSA) is 59.2 Å². The van der Waals surface area contributed by atoms with E-state index in [2.05, 4.69) is 15.3 Å². The summed E-state index contributed by atoms with van der Waals surface area (Å²) in [5.41, 5.74) is 1.99. The van der Waals surface area contributed by atoms with Crippen LogP contribution in [0.1, 0.15) is 18.3 Å². The van der Waals surface area contributed by atoms with Gasteiger partial charge in [-0.3, -0.25) is 0 Å². The maximum Gasteiger partial charge on any atom is 0.449 e. The minimum absolute atomic E-state index is 0. The van der Waals surface area contributed by atoms with Gasteiger partial charge in [-0.2, -0.15) is 13.2 Å². The first kappa shape index (κ1) is 20.7. The van der Waals surface area contributed by atoms with Gasteiger partial charge in [-0.25, -0.2) is 4.98 Å². The second-order valence-electron chi connectivity index (χ2n) is 5.56. The minimum Gasteiger partial charge on any atom is -0.493 e. The standard InChI is InChI=1S/C18H18F3N3O2.ClH/c1-3-26-15-9-11(7-8-14(15)25-2)10-22-12-5-4-6-13-16(12)24-17(23-13)18(19,20)21;/h4-9,22H,3,10H2,1-2H3,(H,23,24);1H. The average molecular weight is 402 g/mol. The molecule has 2 N–H and O–H groups in total. The second-order valence-corrected chi connectivity index (χ2v) is 5.56. The van der Waals surface area contributed by atoms with E-state index in [4.69, 9.17) is 9.47 Å². The van der Waals surface area contributed by atoms with Crippen molar-refractivity contribution >= 4 is 29.1 Å². The van der Waals surface area contributed by atoms with Gasteiger partial charge in [-0.1, -0.05) is 12.1 Å². The zero-order valence-electron chi connectivity index (χ0n) is 14.7.